The number of esters is 2. The number of fused-ring (bicyclic) bond motifs is 1. The number of hydrogen-bond acceptors (Lipinski definition) is 10. The van der Waals surface area contributed by atoms with Crippen molar-refractivity contribution in [2.75, 3.05) is 33.9 Å². The highest BCUT2D eigenvalue weighted by Crippen LogP contribution is 2.46. The highest BCUT2D eigenvalue weighted by Gasteiger charge is 2.42. The molecule has 0 spiro atoms. The predicted octanol–water partition coefficient (Wildman–Crippen LogP) is 4.81. The number of carbonyl (C=O) groups excluding carboxylic acids is 3. The van der Waals surface area contributed by atoms with Crippen LogP contribution in [0.2, 0.25) is 0 Å². The van der Waals surface area contributed by atoms with E-state index in [9.17, 15) is 14.4 Å². The van der Waals surface area contributed by atoms with Crippen LogP contribution >= 0.6 is 11.8 Å². The monoisotopic (exact) mass is 585 g/mol. The summed E-state index contributed by atoms with van der Waals surface area (Å²) >= 11 is 1.42. The summed E-state index contributed by atoms with van der Waals surface area (Å²) in [5, 5.41) is 2.60. The van der Waals surface area contributed by atoms with E-state index in [0.29, 0.717) is 60.5 Å². The highest BCUT2D eigenvalue weighted by molar-refractivity contribution is 8.16. The molecule has 0 aromatic heterocycles. The first-order chi connectivity index (χ1) is 19.5. The number of amides is 1. The number of aliphatic imine (C=N–C) groups is 1. The second kappa shape index (κ2) is 12.6. The molecule has 0 bridgehead atoms. The molecule has 1 aromatic carbocycles. The summed E-state index contributed by atoms with van der Waals surface area (Å²) in [6, 6.07) is 4.93. The second-order valence-corrected chi connectivity index (χ2v) is 11.9. The first-order valence-corrected chi connectivity index (χ1v) is 14.7. The van der Waals surface area contributed by atoms with Gasteiger partial charge in [0.2, 0.25) is 5.91 Å². The van der Waals surface area contributed by atoms with Crippen molar-refractivity contribution in [3.05, 3.63) is 46.1 Å². The molecule has 0 aliphatic carbocycles. The minimum Gasteiger partial charge on any atom is -0.493 e. The maximum absolute atomic E-state index is 13.6. The molecule has 0 radical (unpaired) electrons. The fourth-order valence-corrected chi connectivity index (χ4v) is 6.16. The van der Waals surface area contributed by atoms with E-state index in [2.05, 4.69) is 0 Å². The lowest BCUT2D eigenvalue weighted by Crippen LogP contribution is -2.42. The number of benzene rings is 1. The van der Waals surface area contributed by atoms with Gasteiger partial charge in [0.1, 0.15) is 5.60 Å². The molecular formula is C30H39N3O7S. The molecule has 3 aliphatic rings. The molecule has 0 N–H and O–H groups in total. The van der Waals surface area contributed by atoms with Gasteiger partial charge >= 0.3 is 11.9 Å². The van der Waals surface area contributed by atoms with Crippen molar-refractivity contribution in [3.8, 4) is 11.5 Å². The highest BCUT2D eigenvalue weighted by atomic mass is 32.2. The lowest BCUT2D eigenvalue weighted by atomic mass is 9.93. The van der Waals surface area contributed by atoms with Crippen LogP contribution in [0.15, 0.2) is 45.6 Å². The fourth-order valence-electron chi connectivity index (χ4n) is 5.19. The number of ether oxygens (including phenoxy) is 4. The van der Waals surface area contributed by atoms with E-state index >= 15 is 0 Å². The standard InChI is InChI=1S/C30H39N3O7S/c1-8-39-27(35)19-11-13-32(14-12-19)24(34)16-21-17-41-29-31-18(2)25(28(36)40-30(3,4)5)26(33(21)29)20-9-10-22(37-6)23(15-20)38-7/h9-10,15,17,19,26H,8,11-14,16H2,1-7H3/t26-/m1/s1. The Morgan fingerprint density at radius 2 is 1.76 bits per heavy atom. The number of rotatable bonds is 8. The van der Waals surface area contributed by atoms with Crippen LogP contribution in [-0.4, -0.2) is 72.3 Å². The minimum absolute atomic E-state index is 0.0448. The number of allylic oxidation sites excluding steroid dienone is 1. The van der Waals surface area contributed by atoms with Crippen LogP contribution in [0.4, 0.5) is 0 Å². The van der Waals surface area contributed by atoms with Crippen LogP contribution in [0.1, 0.15) is 65.5 Å². The van der Waals surface area contributed by atoms with Crippen molar-refractivity contribution >= 4 is 34.8 Å². The molecule has 1 amide bonds. The van der Waals surface area contributed by atoms with Crippen molar-refractivity contribution in [1.82, 2.24) is 9.80 Å². The Morgan fingerprint density at radius 1 is 1.07 bits per heavy atom. The van der Waals surface area contributed by atoms with Crippen molar-refractivity contribution in [3.63, 3.8) is 0 Å². The molecule has 4 rings (SSSR count). The molecule has 3 aliphatic heterocycles. The van der Waals surface area contributed by atoms with Crippen molar-refractivity contribution in [1.29, 1.82) is 0 Å². The average Bonchev–Trinajstić information content (AvgIpc) is 3.32. The number of amidine groups is 1. The average molecular weight is 586 g/mol. The van der Waals surface area contributed by atoms with E-state index < -0.39 is 17.6 Å². The summed E-state index contributed by atoms with van der Waals surface area (Å²) in [7, 11) is 3.13. The van der Waals surface area contributed by atoms with Gasteiger partial charge in [-0.1, -0.05) is 17.8 Å². The van der Waals surface area contributed by atoms with Crippen molar-refractivity contribution in [2.24, 2.45) is 10.9 Å². The molecule has 1 saturated heterocycles. The zero-order chi connectivity index (χ0) is 29.9. The second-order valence-electron chi connectivity index (χ2n) is 11.1. The minimum atomic E-state index is -0.708. The Morgan fingerprint density at radius 3 is 2.37 bits per heavy atom. The summed E-state index contributed by atoms with van der Waals surface area (Å²) in [5.74, 6) is 0.192. The number of likely N-dealkylation sites (tertiary alicyclic amines) is 1. The summed E-state index contributed by atoms with van der Waals surface area (Å²) in [5.41, 5.74) is 1.75. The molecule has 10 nitrogen and oxygen atoms in total. The van der Waals surface area contributed by atoms with E-state index in [0.717, 1.165) is 11.3 Å². The SMILES string of the molecule is CCOC(=O)C1CCN(C(=O)CC2=CSC3=NC(C)=C(C(=O)OC(C)(C)C)[C@@H](c4ccc(OC)c(OC)c4)N23)CC1. The Labute approximate surface area is 245 Å². The topological polar surface area (TPSA) is 107 Å². The quantitative estimate of drug-likeness (QED) is 0.397. The summed E-state index contributed by atoms with van der Waals surface area (Å²) in [4.78, 5) is 47.7. The Hall–Kier alpha value is -3.47. The van der Waals surface area contributed by atoms with Crippen molar-refractivity contribution in [2.45, 2.75) is 65.5 Å². The molecule has 222 valence electrons. The van der Waals surface area contributed by atoms with E-state index in [4.69, 9.17) is 23.9 Å². The zero-order valence-corrected chi connectivity index (χ0v) is 25.6. The van der Waals surface area contributed by atoms with Gasteiger partial charge in [-0.15, -0.1) is 0 Å². The van der Waals surface area contributed by atoms with Crippen LogP contribution < -0.4 is 9.47 Å². The molecule has 1 aromatic rings. The normalized spacial score (nSPS) is 19.3. The number of thioether (sulfide) groups is 1. The first kappa shape index (κ1) is 30.5. The number of nitrogens with zero attached hydrogens (tertiary/aromatic N) is 3. The summed E-state index contributed by atoms with van der Waals surface area (Å²) in [6.45, 7) is 10.4. The molecule has 41 heavy (non-hydrogen) atoms. The molecule has 11 heteroatoms. The summed E-state index contributed by atoms with van der Waals surface area (Å²) < 4.78 is 22.0. The molecule has 0 saturated carbocycles. The molecule has 1 atom stereocenters. The number of methoxy groups -OCH3 is 2. The van der Waals surface area contributed by atoms with Crippen LogP contribution in [0.3, 0.4) is 0 Å². The Kier molecular flexibility index (Phi) is 9.36. The van der Waals surface area contributed by atoms with Gasteiger partial charge in [0, 0.05) is 18.8 Å². The Balaban J connectivity index is 1.63. The Bertz CT molecular complexity index is 1290. The number of piperidine rings is 1. The third-order valence-electron chi connectivity index (χ3n) is 7.14. The van der Waals surface area contributed by atoms with Gasteiger partial charge in [-0.2, -0.15) is 0 Å². The number of carbonyl (C=O) groups is 3. The maximum atomic E-state index is 13.6. The third kappa shape index (κ3) is 6.72. The van der Waals surface area contributed by atoms with Gasteiger partial charge in [0.25, 0.3) is 0 Å². The number of hydrogen-bond donors (Lipinski definition) is 0. The van der Waals surface area contributed by atoms with Crippen molar-refractivity contribution < 1.29 is 33.3 Å². The van der Waals surface area contributed by atoms with Crippen LogP contribution in [0.25, 0.3) is 0 Å². The van der Waals surface area contributed by atoms with E-state index in [1.807, 2.05) is 43.2 Å². The lowest BCUT2D eigenvalue weighted by molar-refractivity contribution is -0.151. The zero-order valence-electron chi connectivity index (χ0n) is 24.8. The van der Waals surface area contributed by atoms with Gasteiger partial charge in [-0.25, -0.2) is 9.79 Å². The molecule has 1 fully saturated rings. The van der Waals surface area contributed by atoms with Gasteiger partial charge in [0.05, 0.1) is 50.5 Å². The van der Waals surface area contributed by atoms with Gasteiger partial charge in [-0.05, 0) is 70.6 Å². The fraction of sp³-hybridized carbons (Fsp3) is 0.533. The summed E-state index contributed by atoms with van der Waals surface area (Å²) in [6.07, 6.45) is 1.28. The van der Waals surface area contributed by atoms with Crippen LogP contribution in [0.5, 0.6) is 11.5 Å². The maximum Gasteiger partial charge on any atom is 0.338 e. The third-order valence-corrected chi connectivity index (χ3v) is 8.03. The first-order valence-electron chi connectivity index (χ1n) is 13.8. The van der Waals surface area contributed by atoms with Gasteiger partial charge in [-0.3, -0.25) is 9.59 Å². The smallest absolute Gasteiger partial charge is 0.338 e. The lowest BCUT2D eigenvalue weighted by Gasteiger charge is -2.38. The molecular weight excluding hydrogens is 546 g/mol. The van der Waals surface area contributed by atoms with Crippen LogP contribution in [0, 0.1) is 5.92 Å². The molecule has 0 unspecified atom stereocenters. The van der Waals surface area contributed by atoms with E-state index in [1.165, 1.54) is 11.8 Å². The van der Waals surface area contributed by atoms with Gasteiger partial charge < -0.3 is 28.7 Å². The van der Waals surface area contributed by atoms with E-state index in [-0.39, 0.29) is 24.2 Å². The molecule has 3 heterocycles. The largest absolute Gasteiger partial charge is 0.493 e. The van der Waals surface area contributed by atoms with Crippen LogP contribution in [-0.2, 0) is 23.9 Å². The van der Waals surface area contributed by atoms with Gasteiger partial charge in [0.15, 0.2) is 16.7 Å². The predicted molar refractivity (Wildman–Crippen MR) is 156 cm³/mol. The van der Waals surface area contributed by atoms with E-state index in [1.54, 1.807) is 39.0 Å².